The SMILES string of the molecule is CC/C=C\C/C=C\C/C=C\C/C=C\CCCCCCCCCCCCCCCCCCCCCCCCC(=O)NC(CO)C(O)/C=C/CCCCCCCCCCCCCCCC. The lowest BCUT2D eigenvalue weighted by Crippen LogP contribution is -2.45. The summed E-state index contributed by atoms with van der Waals surface area (Å²) in [5, 5.41) is 23.1. The van der Waals surface area contributed by atoms with Crippen LogP contribution < -0.4 is 5.32 Å². The van der Waals surface area contributed by atoms with Crippen molar-refractivity contribution in [2.45, 2.75) is 302 Å². The van der Waals surface area contributed by atoms with Gasteiger partial charge < -0.3 is 15.5 Å². The molecule has 368 valence electrons. The number of nitrogens with one attached hydrogen (secondary N) is 1. The number of rotatable bonds is 51. The van der Waals surface area contributed by atoms with Crippen molar-refractivity contribution < 1.29 is 15.0 Å². The van der Waals surface area contributed by atoms with E-state index in [2.05, 4.69) is 67.8 Å². The second-order valence-electron chi connectivity index (χ2n) is 19.0. The summed E-state index contributed by atoms with van der Waals surface area (Å²) in [7, 11) is 0. The van der Waals surface area contributed by atoms with Crippen molar-refractivity contribution in [3.8, 4) is 0 Å². The largest absolute Gasteiger partial charge is 0.394 e. The highest BCUT2D eigenvalue weighted by Gasteiger charge is 2.18. The Morgan fingerprint density at radius 1 is 0.397 bits per heavy atom. The molecule has 0 radical (unpaired) electrons. The number of allylic oxidation sites excluding steroid dienone is 9. The average Bonchev–Trinajstić information content (AvgIpc) is 3.29. The molecule has 0 spiro atoms. The quantitative estimate of drug-likeness (QED) is 0.0421. The molecule has 0 rings (SSSR count). The number of hydrogen-bond donors (Lipinski definition) is 3. The molecule has 0 aliphatic rings. The maximum atomic E-state index is 12.5. The third kappa shape index (κ3) is 50.9. The average molecular weight is 881 g/mol. The van der Waals surface area contributed by atoms with Crippen LogP contribution in [0.5, 0.6) is 0 Å². The second-order valence-corrected chi connectivity index (χ2v) is 19.0. The van der Waals surface area contributed by atoms with Crippen molar-refractivity contribution in [1.82, 2.24) is 5.32 Å². The minimum atomic E-state index is -0.838. The molecule has 0 saturated carbocycles. The third-order valence-corrected chi connectivity index (χ3v) is 12.8. The Labute approximate surface area is 394 Å². The lowest BCUT2D eigenvalue weighted by molar-refractivity contribution is -0.123. The van der Waals surface area contributed by atoms with Gasteiger partial charge in [-0.3, -0.25) is 4.79 Å². The fraction of sp³-hybridized carbons (Fsp3) is 0.814. The zero-order valence-electron chi connectivity index (χ0n) is 42.3. The summed E-state index contributed by atoms with van der Waals surface area (Å²) in [4.78, 5) is 12.5. The zero-order chi connectivity index (χ0) is 45.6. The lowest BCUT2D eigenvalue weighted by Gasteiger charge is -2.20. The van der Waals surface area contributed by atoms with E-state index in [1.807, 2.05) is 6.08 Å². The molecule has 0 aromatic heterocycles. The molecule has 0 fully saturated rings. The number of amides is 1. The number of aliphatic hydroxyl groups is 2. The van der Waals surface area contributed by atoms with Gasteiger partial charge in [0.05, 0.1) is 18.8 Å². The van der Waals surface area contributed by atoms with Crippen LogP contribution in [0.3, 0.4) is 0 Å². The summed E-state index contributed by atoms with van der Waals surface area (Å²) in [5.41, 5.74) is 0. The first kappa shape index (κ1) is 61.1. The molecule has 4 heteroatoms. The third-order valence-electron chi connectivity index (χ3n) is 12.8. The highest BCUT2D eigenvalue weighted by atomic mass is 16.3. The summed E-state index contributed by atoms with van der Waals surface area (Å²) in [6.07, 6.45) is 76.7. The summed E-state index contributed by atoms with van der Waals surface area (Å²) in [6.45, 7) is 4.21. The van der Waals surface area contributed by atoms with E-state index in [4.69, 9.17) is 0 Å². The number of carbonyl (C=O) groups is 1. The number of unbranched alkanes of at least 4 members (excludes halogenated alkanes) is 36. The van der Waals surface area contributed by atoms with E-state index >= 15 is 0 Å². The first-order valence-corrected chi connectivity index (χ1v) is 28.0. The molecule has 2 unspecified atom stereocenters. The maximum Gasteiger partial charge on any atom is 0.220 e. The van der Waals surface area contributed by atoms with Gasteiger partial charge in [0.2, 0.25) is 5.91 Å². The van der Waals surface area contributed by atoms with E-state index in [1.54, 1.807) is 6.08 Å². The van der Waals surface area contributed by atoms with Crippen molar-refractivity contribution in [1.29, 1.82) is 0 Å². The Morgan fingerprint density at radius 2 is 0.698 bits per heavy atom. The van der Waals surface area contributed by atoms with Gasteiger partial charge in [0.15, 0.2) is 0 Å². The van der Waals surface area contributed by atoms with Crippen LogP contribution in [0, 0.1) is 0 Å². The first-order valence-electron chi connectivity index (χ1n) is 28.0. The van der Waals surface area contributed by atoms with Crippen LogP contribution in [0.25, 0.3) is 0 Å². The molecule has 0 aromatic rings. The molecule has 0 bridgehead atoms. The minimum Gasteiger partial charge on any atom is -0.394 e. The molecule has 0 aromatic carbocycles. The van der Waals surface area contributed by atoms with Gasteiger partial charge in [-0.25, -0.2) is 0 Å². The predicted octanol–water partition coefficient (Wildman–Crippen LogP) is 18.4. The summed E-state index contributed by atoms with van der Waals surface area (Å²) >= 11 is 0. The van der Waals surface area contributed by atoms with Crippen molar-refractivity contribution >= 4 is 5.91 Å². The van der Waals surface area contributed by atoms with E-state index < -0.39 is 12.1 Å². The van der Waals surface area contributed by atoms with Gasteiger partial charge in [-0.1, -0.05) is 286 Å². The van der Waals surface area contributed by atoms with Crippen LogP contribution in [0.4, 0.5) is 0 Å². The molecule has 3 N–H and O–H groups in total. The fourth-order valence-electron chi connectivity index (χ4n) is 8.53. The van der Waals surface area contributed by atoms with Crippen molar-refractivity contribution in [2.75, 3.05) is 6.61 Å². The van der Waals surface area contributed by atoms with Crippen LogP contribution in [-0.4, -0.2) is 34.9 Å². The van der Waals surface area contributed by atoms with Gasteiger partial charge in [-0.05, 0) is 57.8 Å². The fourth-order valence-corrected chi connectivity index (χ4v) is 8.53. The molecule has 0 heterocycles. The van der Waals surface area contributed by atoms with Crippen molar-refractivity contribution in [3.63, 3.8) is 0 Å². The van der Waals surface area contributed by atoms with Crippen LogP contribution >= 0.6 is 0 Å². The molecule has 63 heavy (non-hydrogen) atoms. The minimum absolute atomic E-state index is 0.0603. The Kier molecular flexibility index (Phi) is 52.8. The van der Waals surface area contributed by atoms with Crippen LogP contribution in [-0.2, 0) is 4.79 Å². The van der Waals surface area contributed by atoms with E-state index in [9.17, 15) is 15.0 Å². The summed E-state index contributed by atoms with van der Waals surface area (Å²) < 4.78 is 0. The van der Waals surface area contributed by atoms with Crippen LogP contribution in [0.15, 0.2) is 60.8 Å². The standard InChI is InChI=1S/C59H109NO3/c1-3-5-7-9-11-13-15-17-19-21-22-23-24-25-26-27-28-29-30-31-32-33-34-35-36-37-38-39-41-43-45-47-49-51-53-55-59(63)60-57(56-61)58(62)54-52-50-48-46-44-42-40-20-18-16-14-12-10-8-6-4-2/h5,7,11,13,17,19,22-23,52,54,57-58,61-62H,3-4,6,8-10,12,14-16,18,20-21,24-51,53,55-56H2,1-2H3,(H,60,63)/b7-5-,13-11-,19-17-,23-22-,54-52+. The normalized spacial score (nSPS) is 13.3. The van der Waals surface area contributed by atoms with E-state index in [-0.39, 0.29) is 12.5 Å². The Bertz CT molecular complexity index is 1040. The van der Waals surface area contributed by atoms with Gasteiger partial charge >= 0.3 is 0 Å². The van der Waals surface area contributed by atoms with E-state index in [0.717, 1.165) is 51.4 Å². The predicted molar refractivity (Wildman–Crippen MR) is 281 cm³/mol. The Hall–Kier alpha value is -1.91. The molecule has 4 nitrogen and oxygen atoms in total. The number of hydrogen-bond acceptors (Lipinski definition) is 3. The van der Waals surface area contributed by atoms with Gasteiger partial charge in [-0.2, -0.15) is 0 Å². The Balaban J connectivity index is 3.44. The second kappa shape index (κ2) is 54.4. The molecular weight excluding hydrogens is 771 g/mol. The molecule has 2 atom stereocenters. The number of aliphatic hydroxyl groups excluding tert-OH is 2. The maximum absolute atomic E-state index is 12.5. The van der Waals surface area contributed by atoms with Gasteiger partial charge in [0.25, 0.3) is 0 Å². The molecule has 1 amide bonds. The molecule has 0 aliphatic heterocycles. The van der Waals surface area contributed by atoms with E-state index in [1.165, 1.54) is 218 Å². The first-order chi connectivity index (χ1) is 31.2. The molecule has 0 aliphatic carbocycles. The van der Waals surface area contributed by atoms with Crippen molar-refractivity contribution in [2.24, 2.45) is 0 Å². The van der Waals surface area contributed by atoms with E-state index in [0.29, 0.717) is 6.42 Å². The van der Waals surface area contributed by atoms with Gasteiger partial charge in [-0.15, -0.1) is 0 Å². The summed E-state index contributed by atoms with van der Waals surface area (Å²) in [5.74, 6) is -0.0603. The summed E-state index contributed by atoms with van der Waals surface area (Å²) in [6, 6.07) is -0.621. The monoisotopic (exact) mass is 880 g/mol. The lowest BCUT2D eigenvalue weighted by atomic mass is 10.0. The topological polar surface area (TPSA) is 69.6 Å². The highest BCUT2D eigenvalue weighted by Crippen LogP contribution is 2.17. The van der Waals surface area contributed by atoms with Crippen molar-refractivity contribution in [3.05, 3.63) is 60.8 Å². The molecule has 0 saturated heterocycles. The van der Waals surface area contributed by atoms with Gasteiger partial charge in [0, 0.05) is 6.42 Å². The van der Waals surface area contributed by atoms with Gasteiger partial charge in [0.1, 0.15) is 0 Å². The van der Waals surface area contributed by atoms with Crippen LogP contribution in [0.1, 0.15) is 290 Å². The molecular formula is C59H109NO3. The smallest absolute Gasteiger partial charge is 0.220 e. The highest BCUT2D eigenvalue weighted by molar-refractivity contribution is 5.76. The van der Waals surface area contributed by atoms with Crippen LogP contribution in [0.2, 0.25) is 0 Å². The number of carbonyl (C=O) groups excluding carboxylic acids is 1. The zero-order valence-corrected chi connectivity index (χ0v) is 42.3. The Morgan fingerprint density at radius 3 is 1.05 bits per heavy atom.